The zero-order valence-corrected chi connectivity index (χ0v) is 24.5. The van der Waals surface area contributed by atoms with Gasteiger partial charge in [-0.1, -0.05) is 91.2 Å². The van der Waals surface area contributed by atoms with Crippen LogP contribution in [0.5, 0.6) is 0 Å². The molecule has 0 bridgehead atoms. The van der Waals surface area contributed by atoms with E-state index in [1.54, 1.807) is 37.3 Å². The van der Waals surface area contributed by atoms with Crippen LogP contribution in [0, 0.1) is 6.92 Å². The molecule has 7 nitrogen and oxygen atoms in total. The van der Waals surface area contributed by atoms with Crippen molar-refractivity contribution in [3.63, 3.8) is 0 Å². The highest BCUT2D eigenvalue weighted by atomic mass is 35.5. The molecule has 1 fully saturated rings. The van der Waals surface area contributed by atoms with Crippen LogP contribution in [0.25, 0.3) is 0 Å². The summed E-state index contributed by atoms with van der Waals surface area (Å²) in [5.41, 5.74) is 2.71. The van der Waals surface area contributed by atoms with E-state index in [9.17, 15) is 18.0 Å². The minimum atomic E-state index is -3.81. The lowest BCUT2D eigenvalue weighted by atomic mass is 10.0. The summed E-state index contributed by atoms with van der Waals surface area (Å²) < 4.78 is 27.0. The molecule has 1 aliphatic carbocycles. The molecule has 4 rings (SSSR count). The van der Waals surface area contributed by atoms with E-state index < -0.39 is 28.5 Å². The average molecular weight is 582 g/mol. The van der Waals surface area contributed by atoms with Crippen molar-refractivity contribution in [1.82, 2.24) is 10.2 Å². The fraction of sp³-hybridized carbons (Fsp3) is 0.355. The zero-order chi connectivity index (χ0) is 28.7. The SMILES string of the molecule is Cc1ccccc1N(CC(=O)N(Cc1ccccc1Cl)[C@H](Cc1ccccc1)C(=O)NC1CCCC1)S(C)(=O)=O. The second-order valence-corrected chi connectivity index (χ2v) is 12.7. The molecule has 0 saturated heterocycles. The van der Waals surface area contributed by atoms with E-state index in [1.165, 1.54) is 4.90 Å². The van der Waals surface area contributed by atoms with Crippen LogP contribution in [0.2, 0.25) is 5.02 Å². The second-order valence-electron chi connectivity index (χ2n) is 10.4. The van der Waals surface area contributed by atoms with Crippen LogP contribution in [-0.2, 0) is 32.6 Å². The number of halogens is 1. The van der Waals surface area contributed by atoms with Crippen molar-refractivity contribution < 1.29 is 18.0 Å². The first-order chi connectivity index (χ1) is 19.1. The van der Waals surface area contributed by atoms with Gasteiger partial charge < -0.3 is 10.2 Å². The van der Waals surface area contributed by atoms with Crippen LogP contribution in [0.4, 0.5) is 5.69 Å². The van der Waals surface area contributed by atoms with Crippen LogP contribution in [0.1, 0.15) is 42.4 Å². The number of anilines is 1. The number of hydrogen-bond donors (Lipinski definition) is 1. The van der Waals surface area contributed by atoms with E-state index in [0.717, 1.165) is 47.4 Å². The predicted molar refractivity (Wildman–Crippen MR) is 160 cm³/mol. The Labute approximate surface area is 242 Å². The smallest absolute Gasteiger partial charge is 0.244 e. The molecule has 0 spiro atoms. The molecule has 1 N–H and O–H groups in total. The largest absolute Gasteiger partial charge is 0.352 e. The maximum atomic E-state index is 14.2. The van der Waals surface area contributed by atoms with E-state index in [0.29, 0.717) is 16.3 Å². The number of hydrogen-bond acceptors (Lipinski definition) is 4. The molecule has 0 aromatic heterocycles. The molecule has 3 aromatic rings. The molecule has 40 heavy (non-hydrogen) atoms. The predicted octanol–water partition coefficient (Wildman–Crippen LogP) is 5.11. The molecule has 2 amide bonds. The minimum Gasteiger partial charge on any atom is -0.352 e. The maximum Gasteiger partial charge on any atom is 0.244 e. The number of amides is 2. The fourth-order valence-electron chi connectivity index (χ4n) is 5.17. The molecule has 1 aliphatic rings. The van der Waals surface area contributed by atoms with Gasteiger partial charge in [-0.25, -0.2) is 8.42 Å². The highest BCUT2D eigenvalue weighted by Crippen LogP contribution is 2.25. The van der Waals surface area contributed by atoms with Gasteiger partial charge in [0.15, 0.2) is 0 Å². The molecule has 0 heterocycles. The normalized spacial score (nSPS) is 14.5. The Morgan fingerprint density at radius 3 is 2.23 bits per heavy atom. The van der Waals surface area contributed by atoms with Crippen LogP contribution in [-0.4, -0.2) is 50.0 Å². The Morgan fingerprint density at radius 2 is 1.57 bits per heavy atom. The van der Waals surface area contributed by atoms with Crippen molar-refractivity contribution in [1.29, 1.82) is 0 Å². The first-order valence-corrected chi connectivity index (χ1v) is 15.8. The highest BCUT2D eigenvalue weighted by Gasteiger charge is 2.34. The molecule has 3 aromatic carbocycles. The standard InChI is InChI=1S/C31H36ClN3O4S/c1-23-12-6-11-19-28(23)35(40(2,38)39)22-30(36)34(21-25-15-7-10-18-27(25)32)29(20-24-13-4-3-5-14-24)31(37)33-26-16-8-9-17-26/h3-7,10-15,18-19,26,29H,8-9,16-17,20-22H2,1-2H3,(H,33,37)/t29-/m1/s1. The Bertz CT molecular complexity index is 1430. The average Bonchev–Trinajstić information content (AvgIpc) is 3.43. The van der Waals surface area contributed by atoms with Crippen molar-refractivity contribution in [2.24, 2.45) is 0 Å². The molecule has 0 unspecified atom stereocenters. The van der Waals surface area contributed by atoms with Gasteiger partial charge in [-0.15, -0.1) is 0 Å². The summed E-state index contributed by atoms with van der Waals surface area (Å²) in [6.45, 7) is 1.41. The highest BCUT2D eigenvalue weighted by molar-refractivity contribution is 7.92. The molecule has 1 saturated carbocycles. The number of nitrogens with one attached hydrogen (secondary N) is 1. The molecular formula is C31H36ClN3O4S. The molecule has 0 radical (unpaired) electrons. The zero-order valence-electron chi connectivity index (χ0n) is 22.9. The third kappa shape index (κ3) is 7.64. The first kappa shape index (κ1) is 29.6. The molecule has 1 atom stereocenters. The lowest BCUT2D eigenvalue weighted by molar-refractivity contribution is -0.140. The number of sulfonamides is 1. The van der Waals surface area contributed by atoms with Gasteiger partial charge in [0.05, 0.1) is 11.9 Å². The van der Waals surface area contributed by atoms with Crippen LogP contribution >= 0.6 is 11.6 Å². The summed E-state index contributed by atoms with van der Waals surface area (Å²) in [5, 5.41) is 3.63. The number of aryl methyl sites for hydroxylation is 1. The van der Waals surface area contributed by atoms with E-state index in [1.807, 2.05) is 48.5 Å². The van der Waals surface area contributed by atoms with Crippen molar-refractivity contribution in [3.05, 3.63) is 101 Å². The van der Waals surface area contributed by atoms with Crippen LogP contribution < -0.4 is 9.62 Å². The van der Waals surface area contributed by atoms with Gasteiger partial charge >= 0.3 is 0 Å². The number of para-hydroxylation sites is 1. The van der Waals surface area contributed by atoms with E-state index in [2.05, 4.69) is 5.32 Å². The number of nitrogens with zero attached hydrogens (tertiary/aromatic N) is 2. The van der Waals surface area contributed by atoms with Gasteiger partial charge in [0.25, 0.3) is 0 Å². The van der Waals surface area contributed by atoms with Gasteiger partial charge in [0, 0.05) is 24.0 Å². The van der Waals surface area contributed by atoms with E-state index in [-0.39, 0.29) is 24.9 Å². The number of carbonyl (C=O) groups excluding carboxylic acids is 2. The van der Waals surface area contributed by atoms with Gasteiger partial charge in [-0.05, 0) is 48.6 Å². The summed E-state index contributed by atoms with van der Waals surface area (Å²) in [6.07, 6.45) is 5.26. The summed E-state index contributed by atoms with van der Waals surface area (Å²) in [5.74, 6) is -0.742. The van der Waals surface area contributed by atoms with Crippen molar-refractivity contribution in [2.45, 2.75) is 57.7 Å². The quantitative estimate of drug-likeness (QED) is 0.341. The molecule has 0 aliphatic heterocycles. The minimum absolute atomic E-state index is 0.0550. The monoisotopic (exact) mass is 581 g/mol. The Balaban J connectivity index is 1.74. The summed E-state index contributed by atoms with van der Waals surface area (Å²) >= 11 is 6.51. The van der Waals surface area contributed by atoms with Crippen LogP contribution in [0.15, 0.2) is 78.9 Å². The Hall–Kier alpha value is -3.36. The van der Waals surface area contributed by atoms with Crippen molar-refractivity contribution in [2.75, 3.05) is 17.1 Å². The van der Waals surface area contributed by atoms with E-state index in [4.69, 9.17) is 11.6 Å². The lowest BCUT2D eigenvalue weighted by Crippen LogP contribution is -2.54. The molecule has 212 valence electrons. The first-order valence-electron chi connectivity index (χ1n) is 13.5. The topological polar surface area (TPSA) is 86.8 Å². The van der Waals surface area contributed by atoms with Crippen molar-refractivity contribution >= 4 is 39.1 Å². The molecular weight excluding hydrogens is 546 g/mol. The summed E-state index contributed by atoms with van der Waals surface area (Å²) in [7, 11) is -3.81. The number of carbonyl (C=O) groups is 2. The lowest BCUT2D eigenvalue weighted by Gasteiger charge is -2.34. The van der Waals surface area contributed by atoms with Crippen molar-refractivity contribution in [3.8, 4) is 0 Å². The summed E-state index contributed by atoms with van der Waals surface area (Å²) in [4.78, 5) is 29.5. The Morgan fingerprint density at radius 1 is 0.950 bits per heavy atom. The maximum absolute atomic E-state index is 14.2. The van der Waals surface area contributed by atoms with Gasteiger partial charge in [0.2, 0.25) is 21.8 Å². The summed E-state index contributed by atoms with van der Waals surface area (Å²) in [6, 6.07) is 22.9. The van der Waals surface area contributed by atoms with Crippen LogP contribution in [0.3, 0.4) is 0 Å². The van der Waals surface area contributed by atoms with Gasteiger partial charge in [0.1, 0.15) is 12.6 Å². The van der Waals surface area contributed by atoms with E-state index >= 15 is 0 Å². The van der Waals surface area contributed by atoms with Gasteiger partial charge in [-0.2, -0.15) is 0 Å². The Kier molecular flexibility index (Phi) is 9.87. The third-order valence-corrected chi connectivity index (χ3v) is 8.83. The number of rotatable bonds is 11. The third-order valence-electron chi connectivity index (χ3n) is 7.33. The number of benzene rings is 3. The fourth-order valence-corrected chi connectivity index (χ4v) is 6.27. The van der Waals surface area contributed by atoms with Gasteiger partial charge in [-0.3, -0.25) is 13.9 Å². The second kappa shape index (κ2) is 13.3. The molecule has 9 heteroatoms.